The Balaban J connectivity index is 0.950. The predicted molar refractivity (Wildman–Crippen MR) is 300 cm³/mol. The van der Waals surface area contributed by atoms with Crippen LogP contribution in [0.1, 0.15) is 25.3 Å². The van der Waals surface area contributed by atoms with Crippen LogP contribution in [0.4, 0.5) is 17.1 Å². The summed E-state index contributed by atoms with van der Waals surface area (Å²) in [6.07, 6.45) is 0. The van der Waals surface area contributed by atoms with Gasteiger partial charge in [-0.3, -0.25) is 0 Å². The van der Waals surface area contributed by atoms with Gasteiger partial charge >= 0.3 is 0 Å². The van der Waals surface area contributed by atoms with E-state index in [9.17, 15) is 0 Å². The van der Waals surface area contributed by atoms with Gasteiger partial charge in [0.25, 0.3) is 0 Å². The molecule has 1 nitrogen and oxygen atoms in total. The van der Waals surface area contributed by atoms with Crippen LogP contribution in [0, 0.1) is 0 Å². The molecule has 0 amide bonds. The Morgan fingerprint density at radius 3 is 1.00 bits per heavy atom. The Morgan fingerprint density at radius 2 is 0.600 bits per heavy atom. The molecular weight excluding hydrogens is 843 g/mol. The standard InChI is InChI=1S/C69H51N/c1-47(2)62-42-43-65(69-46-58(34-41-66(62)69)50-18-10-5-11-19-50)55-32-39-61(40-33-55)70(59-35-28-53(29-36-59)63-22-12-20-51-24-26-56(44-67(51)63)48-14-6-3-7-15-48)60-37-30-54(31-38-60)64-23-13-21-52-25-27-57(45-68(52)64)49-16-8-4-9-17-49/h3-47H,1-2H3. The molecule has 12 rings (SSSR count). The van der Waals surface area contributed by atoms with Gasteiger partial charge in [-0.1, -0.05) is 226 Å². The van der Waals surface area contributed by atoms with Gasteiger partial charge in [-0.25, -0.2) is 0 Å². The van der Waals surface area contributed by atoms with Crippen LogP contribution in [-0.4, -0.2) is 0 Å². The van der Waals surface area contributed by atoms with Crippen molar-refractivity contribution < 1.29 is 0 Å². The van der Waals surface area contributed by atoms with Crippen molar-refractivity contribution in [2.75, 3.05) is 4.90 Å². The van der Waals surface area contributed by atoms with Gasteiger partial charge in [0, 0.05) is 17.1 Å². The fourth-order valence-electron chi connectivity index (χ4n) is 10.4. The summed E-state index contributed by atoms with van der Waals surface area (Å²) in [5.41, 5.74) is 19.2. The summed E-state index contributed by atoms with van der Waals surface area (Å²) in [4.78, 5) is 2.39. The van der Waals surface area contributed by atoms with Crippen molar-refractivity contribution in [1.29, 1.82) is 0 Å². The third kappa shape index (κ3) is 8.12. The summed E-state index contributed by atoms with van der Waals surface area (Å²) in [5, 5.41) is 7.53. The summed E-state index contributed by atoms with van der Waals surface area (Å²) >= 11 is 0. The summed E-state index contributed by atoms with van der Waals surface area (Å²) in [6.45, 7) is 4.57. The molecule has 0 aliphatic rings. The third-order valence-electron chi connectivity index (χ3n) is 14.1. The van der Waals surface area contributed by atoms with E-state index < -0.39 is 0 Å². The second kappa shape index (κ2) is 18.4. The van der Waals surface area contributed by atoms with Gasteiger partial charge in [0.05, 0.1) is 0 Å². The molecule has 0 fully saturated rings. The highest BCUT2D eigenvalue weighted by Gasteiger charge is 2.17. The normalized spacial score (nSPS) is 11.4. The van der Waals surface area contributed by atoms with Crippen LogP contribution in [0.3, 0.4) is 0 Å². The number of nitrogens with zero attached hydrogens (tertiary/aromatic N) is 1. The largest absolute Gasteiger partial charge is 0.311 e. The first-order valence-corrected chi connectivity index (χ1v) is 24.4. The number of anilines is 3. The van der Waals surface area contributed by atoms with Crippen LogP contribution in [0.25, 0.3) is 99.1 Å². The smallest absolute Gasteiger partial charge is 0.0462 e. The van der Waals surface area contributed by atoms with E-state index >= 15 is 0 Å². The SMILES string of the molecule is CC(C)c1ccc(-c2ccc(N(c3ccc(-c4cccc5ccc(-c6ccccc6)cc45)cc3)c3ccc(-c4cccc5ccc(-c6ccccc6)cc45)cc3)cc2)c2cc(-c3ccccc3)ccc12. The highest BCUT2D eigenvalue weighted by Crippen LogP contribution is 2.42. The summed E-state index contributed by atoms with van der Waals surface area (Å²) < 4.78 is 0. The molecule has 0 N–H and O–H groups in total. The van der Waals surface area contributed by atoms with E-state index in [1.165, 1.54) is 105 Å². The molecule has 0 radical (unpaired) electrons. The minimum Gasteiger partial charge on any atom is -0.311 e. The molecule has 0 aromatic heterocycles. The maximum Gasteiger partial charge on any atom is 0.0462 e. The molecule has 0 aliphatic heterocycles. The molecule has 12 aromatic rings. The van der Waals surface area contributed by atoms with Gasteiger partial charge in [0.2, 0.25) is 0 Å². The first-order chi connectivity index (χ1) is 34.5. The molecule has 0 heterocycles. The number of hydrogen-bond donors (Lipinski definition) is 0. The minimum absolute atomic E-state index is 0.410. The Labute approximate surface area is 411 Å². The summed E-state index contributed by atoms with van der Waals surface area (Å²) in [7, 11) is 0. The highest BCUT2D eigenvalue weighted by atomic mass is 15.1. The molecule has 12 aromatic carbocycles. The first-order valence-electron chi connectivity index (χ1n) is 24.4. The van der Waals surface area contributed by atoms with Crippen LogP contribution in [0.15, 0.2) is 267 Å². The van der Waals surface area contributed by atoms with Crippen molar-refractivity contribution in [1.82, 2.24) is 0 Å². The quantitative estimate of drug-likeness (QED) is 0.132. The first kappa shape index (κ1) is 42.6. The molecular formula is C69H51N. The van der Waals surface area contributed by atoms with E-state index in [-0.39, 0.29) is 0 Å². The zero-order valence-corrected chi connectivity index (χ0v) is 39.4. The van der Waals surface area contributed by atoms with Crippen LogP contribution < -0.4 is 4.90 Å². The summed E-state index contributed by atoms with van der Waals surface area (Å²) in [6, 6.07) is 97.9. The van der Waals surface area contributed by atoms with E-state index in [1.807, 2.05) is 0 Å². The van der Waals surface area contributed by atoms with Gasteiger partial charge in [-0.05, 0) is 165 Å². The molecule has 0 saturated carbocycles. The van der Waals surface area contributed by atoms with Crippen molar-refractivity contribution >= 4 is 49.4 Å². The predicted octanol–water partition coefficient (Wildman–Crippen LogP) is 19.7. The van der Waals surface area contributed by atoms with E-state index in [0.717, 1.165) is 17.1 Å². The van der Waals surface area contributed by atoms with Crippen molar-refractivity contribution in [3.63, 3.8) is 0 Å². The lowest BCUT2D eigenvalue weighted by atomic mass is 9.89. The average molecular weight is 894 g/mol. The fraction of sp³-hybridized carbons (Fsp3) is 0.0435. The molecule has 0 bridgehead atoms. The Kier molecular flexibility index (Phi) is 11.2. The van der Waals surface area contributed by atoms with E-state index in [4.69, 9.17) is 0 Å². The molecule has 0 unspecified atom stereocenters. The number of rotatable bonds is 10. The molecule has 1 heteroatoms. The van der Waals surface area contributed by atoms with Crippen molar-refractivity contribution in [3.05, 3.63) is 272 Å². The molecule has 332 valence electrons. The zero-order valence-electron chi connectivity index (χ0n) is 39.4. The molecule has 0 spiro atoms. The van der Waals surface area contributed by atoms with E-state index in [1.54, 1.807) is 0 Å². The van der Waals surface area contributed by atoms with Crippen LogP contribution >= 0.6 is 0 Å². The van der Waals surface area contributed by atoms with Gasteiger partial charge in [0.15, 0.2) is 0 Å². The monoisotopic (exact) mass is 893 g/mol. The lowest BCUT2D eigenvalue weighted by Crippen LogP contribution is -2.09. The molecule has 0 aliphatic carbocycles. The average Bonchev–Trinajstić information content (AvgIpc) is 3.43. The number of benzene rings is 12. The molecule has 0 saturated heterocycles. The van der Waals surface area contributed by atoms with Gasteiger partial charge in [0.1, 0.15) is 0 Å². The van der Waals surface area contributed by atoms with Crippen LogP contribution in [0.2, 0.25) is 0 Å². The second-order valence-corrected chi connectivity index (χ2v) is 18.7. The Morgan fingerprint density at radius 1 is 0.243 bits per heavy atom. The maximum absolute atomic E-state index is 2.39. The van der Waals surface area contributed by atoms with E-state index in [2.05, 4.69) is 286 Å². The number of hydrogen-bond acceptors (Lipinski definition) is 1. The lowest BCUT2D eigenvalue weighted by molar-refractivity contribution is 0.876. The molecule has 70 heavy (non-hydrogen) atoms. The highest BCUT2D eigenvalue weighted by molar-refractivity contribution is 6.03. The zero-order chi connectivity index (χ0) is 47.0. The van der Waals surface area contributed by atoms with Crippen molar-refractivity contribution in [2.24, 2.45) is 0 Å². The van der Waals surface area contributed by atoms with Gasteiger partial charge in [-0.15, -0.1) is 0 Å². The maximum atomic E-state index is 2.39. The van der Waals surface area contributed by atoms with E-state index in [0.29, 0.717) is 5.92 Å². The minimum atomic E-state index is 0.410. The van der Waals surface area contributed by atoms with Gasteiger partial charge < -0.3 is 4.90 Å². The van der Waals surface area contributed by atoms with Crippen LogP contribution in [0.5, 0.6) is 0 Å². The molecule has 0 atom stereocenters. The van der Waals surface area contributed by atoms with Crippen molar-refractivity contribution in [3.8, 4) is 66.8 Å². The lowest BCUT2D eigenvalue weighted by Gasteiger charge is -2.26. The van der Waals surface area contributed by atoms with Crippen molar-refractivity contribution in [2.45, 2.75) is 19.8 Å². The fourth-order valence-corrected chi connectivity index (χ4v) is 10.4. The van der Waals surface area contributed by atoms with Crippen LogP contribution in [-0.2, 0) is 0 Å². The van der Waals surface area contributed by atoms with Gasteiger partial charge in [-0.2, -0.15) is 0 Å². The topological polar surface area (TPSA) is 3.24 Å². The Hall–Kier alpha value is -8.78. The second-order valence-electron chi connectivity index (χ2n) is 18.7. The summed E-state index contributed by atoms with van der Waals surface area (Å²) in [5.74, 6) is 0.410. The number of fused-ring (bicyclic) bond motifs is 3. The Bertz CT molecular complexity index is 3630. The third-order valence-corrected chi connectivity index (χ3v) is 14.1.